The largest absolute Gasteiger partial charge is 0.504 e. The number of aromatic nitrogens is 1. The van der Waals surface area contributed by atoms with Crippen LogP contribution in [-0.2, 0) is 0 Å². The van der Waals surface area contributed by atoms with Gasteiger partial charge in [0, 0.05) is 22.6 Å². The van der Waals surface area contributed by atoms with Crippen LogP contribution < -0.4 is 14.3 Å². The molecular weight excluding hydrogens is 426 g/mol. The summed E-state index contributed by atoms with van der Waals surface area (Å²) >= 11 is 1.52. The van der Waals surface area contributed by atoms with Gasteiger partial charge in [0.2, 0.25) is 4.80 Å². The minimum Gasteiger partial charge on any atom is -0.504 e. The van der Waals surface area contributed by atoms with Gasteiger partial charge in [-0.15, -0.1) is 11.3 Å². The van der Waals surface area contributed by atoms with E-state index in [0.717, 1.165) is 28.9 Å². The summed E-state index contributed by atoms with van der Waals surface area (Å²) in [5.41, 5.74) is 2.09. The van der Waals surface area contributed by atoms with E-state index >= 15 is 0 Å². The van der Waals surface area contributed by atoms with Crippen molar-refractivity contribution < 1.29 is 19.7 Å². The third-order valence-corrected chi connectivity index (χ3v) is 6.43. The molecule has 1 aliphatic carbocycles. The molecule has 0 aliphatic heterocycles. The fourth-order valence-corrected chi connectivity index (χ4v) is 4.73. The van der Waals surface area contributed by atoms with Crippen LogP contribution in [0.4, 0.5) is 0 Å². The van der Waals surface area contributed by atoms with Crippen LogP contribution in [-0.4, -0.2) is 41.4 Å². The van der Waals surface area contributed by atoms with Crippen LogP contribution in [0, 0.1) is 0 Å². The van der Waals surface area contributed by atoms with Crippen molar-refractivity contribution in [3.8, 4) is 34.3 Å². The van der Waals surface area contributed by atoms with Gasteiger partial charge in [0.15, 0.2) is 11.5 Å². The summed E-state index contributed by atoms with van der Waals surface area (Å²) in [4.78, 5) is 5.77. The van der Waals surface area contributed by atoms with Crippen LogP contribution in [0.25, 0.3) is 11.3 Å². The quantitative estimate of drug-likeness (QED) is 0.416. The zero-order chi connectivity index (χ0) is 22.5. The first-order chi connectivity index (χ1) is 15.6. The van der Waals surface area contributed by atoms with Crippen LogP contribution >= 0.6 is 11.3 Å². The molecule has 0 spiro atoms. The number of hydrogen-bond acceptors (Lipinski definition) is 7. The molecule has 0 amide bonds. The second-order valence-electron chi connectivity index (χ2n) is 7.66. The van der Waals surface area contributed by atoms with Gasteiger partial charge in [0.1, 0.15) is 11.5 Å². The third kappa shape index (κ3) is 4.65. The maximum absolute atomic E-state index is 10.2. The summed E-state index contributed by atoms with van der Waals surface area (Å²) in [5.74, 6) is 0.970. The molecule has 2 N–H and O–H groups in total. The highest BCUT2D eigenvalue weighted by Gasteiger charge is 2.16. The minimum absolute atomic E-state index is 0.187. The van der Waals surface area contributed by atoms with Gasteiger partial charge in [0.25, 0.3) is 0 Å². The average molecular weight is 454 g/mol. The summed E-state index contributed by atoms with van der Waals surface area (Å²) in [6.07, 6.45) is 7.34. The highest BCUT2D eigenvalue weighted by molar-refractivity contribution is 7.07. The van der Waals surface area contributed by atoms with E-state index in [4.69, 9.17) is 14.5 Å². The number of thiazole rings is 1. The Bertz CT molecular complexity index is 1180. The van der Waals surface area contributed by atoms with Crippen molar-refractivity contribution in [2.75, 3.05) is 14.2 Å². The molecule has 3 aromatic rings. The Morgan fingerprint density at radius 3 is 2.62 bits per heavy atom. The van der Waals surface area contributed by atoms with E-state index in [2.05, 4.69) is 5.10 Å². The van der Waals surface area contributed by atoms with Crippen molar-refractivity contribution in [3.63, 3.8) is 0 Å². The van der Waals surface area contributed by atoms with E-state index in [1.165, 1.54) is 42.9 Å². The predicted octanol–water partition coefficient (Wildman–Crippen LogP) is 4.76. The Morgan fingerprint density at radius 1 is 1.06 bits per heavy atom. The van der Waals surface area contributed by atoms with Crippen molar-refractivity contribution in [1.82, 2.24) is 4.68 Å². The van der Waals surface area contributed by atoms with Crippen molar-refractivity contribution in [2.24, 2.45) is 10.1 Å². The van der Waals surface area contributed by atoms with Crippen LogP contribution in [0.3, 0.4) is 0 Å². The second-order valence-corrected chi connectivity index (χ2v) is 8.50. The lowest BCUT2D eigenvalue weighted by Crippen LogP contribution is -2.19. The molecule has 1 aliphatic rings. The molecule has 1 aromatic heterocycles. The topological polar surface area (TPSA) is 88.6 Å². The highest BCUT2D eigenvalue weighted by atomic mass is 32.1. The molecule has 8 heteroatoms. The molecule has 0 unspecified atom stereocenters. The number of ether oxygens (including phenoxy) is 2. The number of rotatable bonds is 6. The molecule has 32 heavy (non-hydrogen) atoms. The fourth-order valence-electron chi connectivity index (χ4n) is 3.83. The number of hydrogen-bond donors (Lipinski definition) is 2. The standard InChI is InChI=1S/C24H27N3O4S/c1-30-18-11-12-19(22(13-18)31-2)20-15-32-24(26-17-8-4-3-5-9-17)27(20)25-14-16-7-6-10-21(28)23(16)29/h6-7,10-15,17,28-29H,3-5,8-9H2,1-2H3. The van der Waals surface area contributed by atoms with E-state index in [1.54, 1.807) is 31.0 Å². The number of phenols is 2. The zero-order valence-corrected chi connectivity index (χ0v) is 19.0. The molecule has 168 valence electrons. The first-order valence-corrected chi connectivity index (χ1v) is 11.5. The second kappa shape index (κ2) is 9.91. The Balaban J connectivity index is 1.83. The van der Waals surface area contributed by atoms with Crippen molar-refractivity contribution in [1.29, 1.82) is 0 Å². The van der Waals surface area contributed by atoms with E-state index in [1.807, 2.05) is 23.6 Å². The smallest absolute Gasteiger partial charge is 0.206 e. The Hall–Kier alpha value is -3.26. The van der Waals surface area contributed by atoms with Gasteiger partial charge in [-0.2, -0.15) is 5.10 Å². The van der Waals surface area contributed by atoms with Crippen LogP contribution in [0.2, 0.25) is 0 Å². The summed E-state index contributed by atoms with van der Waals surface area (Å²) in [7, 11) is 3.24. The van der Waals surface area contributed by atoms with Gasteiger partial charge in [-0.1, -0.05) is 25.3 Å². The number of methoxy groups -OCH3 is 2. The van der Waals surface area contributed by atoms with Gasteiger partial charge in [-0.25, -0.2) is 4.68 Å². The third-order valence-electron chi connectivity index (χ3n) is 5.60. The molecule has 1 fully saturated rings. The van der Waals surface area contributed by atoms with Crippen LogP contribution in [0.5, 0.6) is 23.0 Å². The highest BCUT2D eigenvalue weighted by Crippen LogP contribution is 2.34. The Labute approximate surface area is 190 Å². The lowest BCUT2D eigenvalue weighted by atomic mass is 9.96. The van der Waals surface area contributed by atoms with Crippen LogP contribution in [0.1, 0.15) is 37.7 Å². The van der Waals surface area contributed by atoms with E-state index in [0.29, 0.717) is 17.1 Å². The number of nitrogens with zero attached hydrogens (tertiary/aromatic N) is 3. The molecule has 4 rings (SSSR count). The molecule has 0 radical (unpaired) electrons. The molecule has 0 bridgehead atoms. The summed E-state index contributed by atoms with van der Waals surface area (Å²) in [6, 6.07) is 10.7. The van der Waals surface area contributed by atoms with Gasteiger partial charge in [-0.3, -0.25) is 4.99 Å². The van der Waals surface area contributed by atoms with Gasteiger partial charge in [-0.05, 0) is 37.1 Å². The number of para-hydroxylation sites is 1. The molecule has 2 aromatic carbocycles. The maximum Gasteiger partial charge on any atom is 0.206 e. The molecule has 0 saturated heterocycles. The molecule has 7 nitrogen and oxygen atoms in total. The Morgan fingerprint density at radius 2 is 1.88 bits per heavy atom. The van der Waals surface area contributed by atoms with E-state index in [-0.39, 0.29) is 17.5 Å². The normalized spacial score (nSPS) is 15.4. The molecule has 1 heterocycles. The first-order valence-electron chi connectivity index (χ1n) is 10.6. The summed E-state index contributed by atoms with van der Waals surface area (Å²) in [5, 5.41) is 26.6. The Kier molecular flexibility index (Phi) is 6.80. The SMILES string of the molecule is COc1ccc(-c2csc(=NC3CCCCC3)n2N=Cc2cccc(O)c2O)c(OC)c1. The number of aromatic hydroxyl groups is 2. The lowest BCUT2D eigenvalue weighted by molar-refractivity contribution is 0.395. The minimum atomic E-state index is -0.207. The van der Waals surface area contributed by atoms with Crippen molar-refractivity contribution in [2.45, 2.75) is 38.1 Å². The lowest BCUT2D eigenvalue weighted by Gasteiger charge is -2.17. The monoisotopic (exact) mass is 453 g/mol. The number of benzene rings is 2. The fraction of sp³-hybridized carbons (Fsp3) is 0.333. The first kappa shape index (κ1) is 22.0. The zero-order valence-electron chi connectivity index (χ0n) is 18.2. The average Bonchev–Trinajstić information content (AvgIpc) is 3.22. The van der Waals surface area contributed by atoms with Gasteiger partial charge >= 0.3 is 0 Å². The van der Waals surface area contributed by atoms with Gasteiger partial charge < -0.3 is 19.7 Å². The van der Waals surface area contributed by atoms with Crippen molar-refractivity contribution >= 4 is 17.6 Å². The number of phenolic OH excluding ortho intramolecular Hbond substituents is 2. The van der Waals surface area contributed by atoms with Crippen molar-refractivity contribution in [3.05, 3.63) is 52.1 Å². The molecular formula is C24H27N3O4S. The predicted molar refractivity (Wildman–Crippen MR) is 126 cm³/mol. The molecule has 1 saturated carbocycles. The van der Waals surface area contributed by atoms with E-state index in [9.17, 15) is 10.2 Å². The van der Waals surface area contributed by atoms with Crippen LogP contribution in [0.15, 0.2) is 51.9 Å². The van der Waals surface area contributed by atoms with E-state index < -0.39 is 0 Å². The summed E-state index contributed by atoms with van der Waals surface area (Å²) in [6.45, 7) is 0. The summed E-state index contributed by atoms with van der Waals surface area (Å²) < 4.78 is 12.7. The maximum atomic E-state index is 10.2. The van der Waals surface area contributed by atoms with Gasteiger partial charge in [0.05, 0.1) is 32.2 Å². The molecule has 0 atom stereocenters.